The van der Waals surface area contributed by atoms with E-state index < -0.39 is 10.5 Å². The Morgan fingerprint density at radius 2 is 2.56 bits per heavy atom. The number of pyridine rings is 1. The lowest BCUT2D eigenvalue weighted by atomic mass is 10.1. The summed E-state index contributed by atoms with van der Waals surface area (Å²) < 4.78 is 0. The molecule has 0 aliphatic carbocycles. The maximum atomic E-state index is 12.5. The molecule has 0 spiro atoms. The van der Waals surface area contributed by atoms with Gasteiger partial charge >= 0.3 is 5.72 Å². The summed E-state index contributed by atoms with van der Waals surface area (Å²) in [6, 6.07) is 4.21. The van der Waals surface area contributed by atoms with Crippen molar-refractivity contribution in [1.82, 2.24) is 10.3 Å². The highest BCUT2D eigenvalue weighted by Gasteiger charge is 2.70. The van der Waals surface area contributed by atoms with Gasteiger partial charge in [-0.3, -0.25) is 4.98 Å². The van der Waals surface area contributed by atoms with Crippen LogP contribution in [0.4, 0.5) is 0 Å². The zero-order valence-electron chi connectivity index (χ0n) is 10.6. The van der Waals surface area contributed by atoms with Gasteiger partial charge in [0.05, 0.1) is 12.1 Å². The fourth-order valence-corrected chi connectivity index (χ4v) is 2.85. The first-order valence-electron chi connectivity index (χ1n) is 6.64. The summed E-state index contributed by atoms with van der Waals surface area (Å²) in [4.78, 5) is 9.07. The topological polar surface area (TPSA) is 60.5 Å². The Hall–Kier alpha value is -1.01. The smallest absolute Gasteiger partial charge is 0.323 e. The lowest BCUT2D eigenvalue weighted by Crippen LogP contribution is -2.36. The van der Waals surface area contributed by atoms with Gasteiger partial charge in [0.15, 0.2) is 0 Å². The lowest BCUT2D eigenvalue weighted by molar-refractivity contribution is -0.884. The Bertz CT molecular complexity index is 428. The van der Waals surface area contributed by atoms with E-state index in [4.69, 9.17) is 4.84 Å². The minimum atomic E-state index is -0.753. The van der Waals surface area contributed by atoms with Crippen LogP contribution in [0, 0.1) is 5.21 Å². The number of nitrogens with zero attached hydrogens (tertiary/aromatic N) is 2. The minimum Gasteiger partial charge on any atom is -0.595 e. The van der Waals surface area contributed by atoms with Crippen molar-refractivity contribution in [2.75, 3.05) is 13.1 Å². The van der Waals surface area contributed by atoms with E-state index in [0.29, 0.717) is 19.1 Å². The Kier molecular flexibility index (Phi) is 2.86. The molecule has 5 nitrogen and oxygen atoms in total. The van der Waals surface area contributed by atoms with Crippen molar-refractivity contribution in [3.63, 3.8) is 0 Å². The normalized spacial score (nSPS) is 38.9. The number of quaternary nitrogens is 1. The van der Waals surface area contributed by atoms with Crippen LogP contribution in [0.15, 0.2) is 24.5 Å². The molecule has 3 heterocycles. The van der Waals surface area contributed by atoms with Crippen LogP contribution in [-0.2, 0) is 10.6 Å². The van der Waals surface area contributed by atoms with E-state index in [1.807, 2.05) is 12.1 Å². The molecule has 0 amide bonds. The number of hydrogen-bond donors (Lipinski definition) is 1. The molecule has 5 heteroatoms. The summed E-state index contributed by atoms with van der Waals surface area (Å²) in [6.45, 7) is 3.27. The van der Waals surface area contributed by atoms with Crippen LogP contribution in [-0.4, -0.2) is 28.9 Å². The maximum Gasteiger partial charge on any atom is 0.323 e. The molecule has 1 N–H and O–H groups in total. The quantitative estimate of drug-likeness (QED) is 0.503. The van der Waals surface area contributed by atoms with Crippen molar-refractivity contribution >= 4 is 0 Å². The summed E-state index contributed by atoms with van der Waals surface area (Å²) in [6.07, 6.45) is 6.57. The molecule has 3 rings (SSSR count). The van der Waals surface area contributed by atoms with Crippen LogP contribution >= 0.6 is 0 Å². The summed E-state index contributed by atoms with van der Waals surface area (Å²) >= 11 is 0. The van der Waals surface area contributed by atoms with E-state index in [9.17, 15) is 5.21 Å². The molecule has 3 atom stereocenters. The molecule has 2 aliphatic rings. The average molecular weight is 249 g/mol. The molecule has 0 radical (unpaired) electrons. The first-order chi connectivity index (χ1) is 8.70. The van der Waals surface area contributed by atoms with Gasteiger partial charge in [-0.1, -0.05) is 13.3 Å². The molecule has 2 saturated heterocycles. The van der Waals surface area contributed by atoms with E-state index >= 15 is 0 Å². The highest BCUT2D eigenvalue weighted by Crippen LogP contribution is 2.53. The predicted molar refractivity (Wildman–Crippen MR) is 66.8 cm³/mol. The van der Waals surface area contributed by atoms with E-state index in [1.54, 1.807) is 12.4 Å². The standard InChI is InChI=1S/C13H19N3O2/c1-2-4-12-6-8-16(17)13(18-16,10-15-12)11-5-3-7-14-9-11/h3,5,7,9,12,15H,2,4,6,8,10H2,1H3. The van der Waals surface area contributed by atoms with Gasteiger partial charge in [0.25, 0.3) is 0 Å². The first kappa shape index (κ1) is 12.0. The molecule has 98 valence electrons. The SMILES string of the molecule is CCCC1CC[N+]2([O-])OC2(c2cccnc2)CN1. The second-order valence-corrected chi connectivity index (χ2v) is 5.17. The number of aromatic nitrogens is 1. The fraction of sp³-hybridized carbons (Fsp3) is 0.615. The largest absolute Gasteiger partial charge is 0.595 e. The number of fused-ring (bicyclic) bond motifs is 1. The highest BCUT2D eigenvalue weighted by atomic mass is 17.1. The molecule has 2 fully saturated rings. The van der Waals surface area contributed by atoms with Gasteiger partial charge in [-0.25, -0.2) is 0 Å². The van der Waals surface area contributed by atoms with E-state index in [2.05, 4.69) is 17.2 Å². The minimum absolute atomic E-state index is 0.434. The number of rotatable bonds is 3. The van der Waals surface area contributed by atoms with Crippen LogP contribution in [0.1, 0.15) is 31.7 Å². The second kappa shape index (κ2) is 4.28. The van der Waals surface area contributed by atoms with Gasteiger partial charge in [-0.15, -0.1) is 4.84 Å². The molecular formula is C13H19N3O2. The van der Waals surface area contributed by atoms with Crippen LogP contribution in [0.2, 0.25) is 0 Å². The third-order valence-corrected chi connectivity index (χ3v) is 3.97. The van der Waals surface area contributed by atoms with Gasteiger partial charge < -0.3 is 10.5 Å². The van der Waals surface area contributed by atoms with E-state index in [1.165, 1.54) is 0 Å². The Morgan fingerprint density at radius 3 is 3.28 bits per heavy atom. The first-order valence-corrected chi connectivity index (χ1v) is 6.64. The average Bonchev–Trinajstić information content (AvgIpc) is 3.02. The Morgan fingerprint density at radius 1 is 1.67 bits per heavy atom. The fourth-order valence-electron chi connectivity index (χ4n) is 2.85. The molecule has 0 aromatic carbocycles. The molecule has 2 aliphatic heterocycles. The highest BCUT2D eigenvalue weighted by molar-refractivity contribution is 5.19. The second-order valence-electron chi connectivity index (χ2n) is 5.17. The van der Waals surface area contributed by atoms with Gasteiger partial charge in [0.1, 0.15) is 6.54 Å². The van der Waals surface area contributed by atoms with Crippen molar-refractivity contribution < 1.29 is 9.65 Å². The monoisotopic (exact) mass is 249 g/mol. The molecule has 1 aromatic rings. The molecule has 1 aromatic heterocycles. The summed E-state index contributed by atoms with van der Waals surface area (Å²) in [5.74, 6) is 0. The predicted octanol–water partition coefficient (Wildman–Crippen LogP) is 1.66. The third-order valence-electron chi connectivity index (χ3n) is 3.97. The van der Waals surface area contributed by atoms with Crippen molar-refractivity contribution in [2.24, 2.45) is 0 Å². The van der Waals surface area contributed by atoms with Gasteiger partial charge in [0.2, 0.25) is 0 Å². The maximum absolute atomic E-state index is 12.5. The zero-order valence-corrected chi connectivity index (χ0v) is 10.6. The number of hydroxylamine groups is 4. The zero-order chi connectivity index (χ0) is 12.6. The van der Waals surface area contributed by atoms with Crippen LogP contribution in [0.25, 0.3) is 0 Å². The van der Waals surface area contributed by atoms with Crippen molar-refractivity contribution in [3.05, 3.63) is 35.3 Å². The van der Waals surface area contributed by atoms with Crippen molar-refractivity contribution in [1.29, 1.82) is 0 Å². The van der Waals surface area contributed by atoms with E-state index in [-0.39, 0.29) is 0 Å². The van der Waals surface area contributed by atoms with Gasteiger partial charge in [-0.05, 0) is 18.6 Å². The summed E-state index contributed by atoms with van der Waals surface area (Å²) in [5.41, 5.74) is 0.126. The van der Waals surface area contributed by atoms with Crippen LogP contribution < -0.4 is 5.32 Å². The molecule has 3 unspecified atom stereocenters. The number of nitrogens with one attached hydrogen (secondary N) is 1. The molecular weight excluding hydrogens is 230 g/mol. The Balaban J connectivity index is 1.82. The van der Waals surface area contributed by atoms with Gasteiger partial charge in [-0.2, -0.15) is 4.81 Å². The molecule has 0 bridgehead atoms. The summed E-state index contributed by atoms with van der Waals surface area (Å²) in [7, 11) is 0. The van der Waals surface area contributed by atoms with Crippen molar-refractivity contribution in [2.45, 2.75) is 38.0 Å². The van der Waals surface area contributed by atoms with Gasteiger partial charge in [0, 0.05) is 24.9 Å². The van der Waals surface area contributed by atoms with Crippen molar-refractivity contribution in [3.8, 4) is 0 Å². The van der Waals surface area contributed by atoms with Crippen LogP contribution in [0.3, 0.4) is 0 Å². The van der Waals surface area contributed by atoms with Crippen LogP contribution in [0.5, 0.6) is 0 Å². The molecule has 18 heavy (non-hydrogen) atoms. The molecule has 0 saturated carbocycles. The Labute approximate surface area is 107 Å². The summed E-state index contributed by atoms with van der Waals surface area (Å²) in [5, 5.41) is 16.0. The third kappa shape index (κ3) is 1.75. The lowest BCUT2D eigenvalue weighted by Gasteiger charge is -2.18. The number of hydrogen-bond acceptors (Lipinski definition) is 4. The van der Waals surface area contributed by atoms with E-state index in [0.717, 1.165) is 24.8 Å².